The monoisotopic (exact) mass is 312 g/mol. The Morgan fingerprint density at radius 1 is 1.19 bits per heavy atom. The molecule has 1 heterocycles. The van der Waals surface area contributed by atoms with Crippen molar-refractivity contribution in [2.45, 2.75) is 31.6 Å². The van der Waals surface area contributed by atoms with E-state index in [2.05, 4.69) is 10.0 Å². The van der Waals surface area contributed by atoms with Gasteiger partial charge in [0.15, 0.2) is 0 Å². The highest BCUT2D eigenvalue weighted by molar-refractivity contribution is 7.89. The maximum atomic E-state index is 12.6. The summed E-state index contributed by atoms with van der Waals surface area (Å²) >= 11 is 0. The minimum atomic E-state index is -3.46. The van der Waals surface area contributed by atoms with Gasteiger partial charge in [-0.25, -0.2) is 13.1 Å². The molecule has 0 aliphatic carbocycles. The first-order valence-corrected chi connectivity index (χ1v) is 8.79. The van der Waals surface area contributed by atoms with Crippen molar-refractivity contribution < 1.29 is 13.2 Å². The molecule has 1 aliphatic heterocycles. The van der Waals surface area contributed by atoms with Gasteiger partial charge in [-0.1, -0.05) is 0 Å². The lowest BCUT2D eigenvalue weighted by Crippen LogP contribution is -2.33. The van der Waals surface area contributed by atoms with Crippen LogP contribution >= 0.6 is 0 Å². The van der Waals surface area contributed by atoms with Crippen molar-refractivity contribution in [1.82, 2.24) is 4.72 Å². The van der Waals surface area contributed by atoms with E-state index in [0.29, 0.717) is 17.4 Å². The highest BCUT2D eigenvalue weighted by Crippen LogP contribution is 2.24. The third-order valence-corrected chi connectivity index (χ3v) is 5.65. The zero-order valence-corrected chi connectivity index (χ0v) is 13.7. The van der Waals surface area contributed by atoms with E-state index in [4.69, 9.17) is 4.74 Å². The number of hydrogen-bond acceptors (Lipinski definition) is 4. The molecule has 2 rings (SSSR count). The molecule has 1 aliphatic rings. The lowest BCUT2D eigenvalue weighted by molar-refractivity contribution is 0.0678. The average molecular weight is 312 g/mol. The molecule has 0 atom stereocenters. The van der Waals surface area contributed by atoms with Crippen LogP contribution < -0.4 is 10.0 Å². The zero-order valence-electron chi connectivity index (χ0n) is 12.9. The Morgan fingerprint density at radius 2 is 1.76 bits per heavy atom. The van der Waals surface area contributed by atoms with Crippen molar-refractivity contribution in [3.8, 4) is 0 Å². The summed E-state index contributed by atoms with van der Waals surface area (Å²) in [5.41, 5.74) is 2.45. The molecule has 0 saturated carbocycles. The van der Waals surface area contributed by atoms with Crippen LogP contribution in [0.3, 0.4) is 0 Å². The van der Waals surface area contributed by atoms with Crippen molar-refractivity contribution in [1.29, 1.82) is 0 Å². The van der Waals surface area contributed by atoms with Crippen LogP contribution in [0, 0.1) is 19.8 Å². The number of sulfonamides is 1. The van der Waals surface area contributed by atoms with Gasteiger partial charge in [-0.3, -0.25) is 0 Å². The number of aryl methyl sites for hydroxylation is 2. The Morgan fingerprint density at radius 3 is 2.29 bits per heavy atom. The Bertz CT molecular complexity index is 570. The molecule has 2 N–H and O–H groups in total. The predicted molar refractivity (Wildman–Crippen MR) is 84.2 cm³/mol. The molecule has 0 aromatic heterocycles. The van der Waals surface area contributed by atoms with Gasteiger partial charge in [0.05, 0.1) is 4.90 Å². The third kappa shape index (κ3) is 3.96. The Balaban J connectivity index is 2.15. The summed E-state index contributed by atoms with van der Waals surface area (Å²) in [5.74, 6) is 0.366. The van der Waals surface area contributed by atoms with Crippen LogP contribution in [-0.4, -0.2) is 35.2 Å². The molecule has 0 radical (unpaired) electrons. The smallest absolute Gasteiger partial charge is 0.241 e. The molecule has 1 fully saturated rings. The van der Waals surface area contributed by atoms with Gasteiger partial charge in [-0.15, -0.1) is 0 Å². The molecule has 0 amide bonds. The molecule has 5 nitrogen and oxygen atoms in total. The molecule has 1 aromatic carbocycles. The average Bonchev–Trinajstić information content (AvgIpc) is 2.45. The van der Waals surface area contributed by atoms with Crippen molar-refractivity contribution in [3.63, 3.8) is 0 Å². The molecule has 6 heteroatoms. The van der Waals surface area contributed by atoms with Crippen LogP contribution in [0.2, 0.25) is 0 Å². The van der Waals surface area contributed by atoms with Gasteiger partial charge >= 0.3 is 0 Å². The topological polar surface area (TPSA) is 67.4 Å². The Labute approximate surface area is 127 Å². The molecular formula is C15H24N2O3S. The first-order valence-electron chi connectivity index (χ1n) is 7.30. The standard InChI is InChI=1S/C15H24N2O3S/c1-11-8-14(16-3)9-12(2)15(11)21(18,19)17-10-13-4-6-20-7-5-13/h8-9,13,16-17H,4-7,10H2,1-3H3. The van der Waals surface area contributed by atoms with E-state index in [1.54, 1.807) is 0 Å². The van der Waals surface area contributed by atoms with Gasteiger partial charge in [-0.05, 0) is 55.9 Å². The van der Waals surface area contributed by atoms with Crippen LogP contribution in [0.4, 0.5) is 5.69 Å². The molecule has 0 unspecified atom stereocenters. The highest BCUT2D eigenvalue weighted by Gasteiger charge is 2.22. The number of rotatable bonds is 5. The van der Waals surface area contributed by atoms with Gasteiger partial charge in [0, 0.05) is 32.5 Å². The maximum Gasteiger partial charge on any atom is 0.241 e. The highest BCUT2D eigenvalue weighted by atomic mass is 32.2. The lowest BCUT2D eigenvalue weighted by atomic mass is 10.0. The fourth-order valence-electron chi connectivity index (χ4n) is 2.77. The molecule has 1 aromatic rings. The minimum absolute atomic E-state index is 0.366. The first kappa shape index (κ1) is 16.3. The summed E-state index contributed by atoms with van der Waals surface area (Å²) in [6.07, 6.45) is 1.83. The summed E-state index contributed by atoms with van der Waals surface area (Å²) in [6, 6.07) is 3.71. The summed E-state index contributed by atoms with van der Waals surface area (Å²) in [4.78, 5) is 0.397. The van der Waals surface area contributed by atoms with Crippen LogP contribution in [0.25, 0.3) is 0 Å². The molecule has 0 bridgehead atoms. The summed E-state index contributed by atoms with van der Waals surface area (Å²) < 4.78 is 33.2. The van der Waals surface area contributed by atoms with Crippen LogP contribution in [-0.2, 0) is 14.8 Å². The second-order valence-electron chi connectivity index (χ2n) is 5.60. The number of hydrogen-bond donors (Lipinski definition) is 2. The fraction of sp³-hybridized carbons (Fsp3) is 0.600. The minimum Gasteiger partial charge on any atom is -0.388 e. The van der Waals surface area contributed by atoms with Gasteiger partial charge < -0.3 is 10.1 Å². The summed E-state index contributed by atoms with van der Waals surface area (Å²) in [5, 5.41) is 3.04. The summed E-state index contributed by atoms with van der Waals surface area (Å²) in [6.45, 7) is 5.59. The van der Waals surface area contributed by atoms with Crippen LogP contribution in [0.1, 0.15) is 24.0 Å². The van der Waals surface area contributed by atoms with E-state index in [9.17, 15) is 8.42 Å². The predicted octanol–water partition coefficient (Wildman–Crippen LogP) is 2.05. The number of nitrogens with one attached hydrogen (secondary N) is 2. The van der Waals surface area contributed by atoms with Gasteiger partial charge in [0.1, 0.15) is 0 Å². The van der Waals surface area contributed by atoms with Crippen LogP contribution in [0.15, 0.2) is 17.0 Å². The normalized spacial score (nSPS) is 16.9. The molecular weight excluding hydrogens is 288 g/mol. The fourth-order valence-corrected chi connectivity index (χ4v) is 4.33. The van der Waals surface area contributed by atoms with E-state index in [0.717, 1.165) is 42.9 Å². The second-order valence-corrected chi connectivity index (χ2v) is 7.30. The van der Waals surface area contributed by atoms with Gasteiger partial charge in [0.2, 0.25) is 10.0 Å². The largest absolute Gasteiger partial charge is 0.388 e. The van der Waals surface area contributed by atoms with Crippen molar-refractivity contribution >= 4 is 15.7 Å². The second kappa shape index (κ2) is 6.77. The number of ether oxygens (including phenoxy) is 1. The molecule has 118 valence electrons. The maximum absolute atomic E-state index is 12.6. The third-order valence-electron chi connectivity index (χ3n) is 3.92. The number of anilines is 1. The Hall–Kier alpha value is -1.11. The quantitative estimate of drug-likeness (QED) is 0.873. The summed E-state index contributed by atoms with van der Waals surface area (Å²) in [7, 11) is -1.64. The number of benzene rings is 1. The molecule has 1 saturated heterocycles. The molecule has 21 heavy (non-hydrogen) atoms. The van der Waals surface area contributed by atoms with E-state index in [1.807, 2.05) is 33.0 Å². The van der Waals surface area contributed by atoms with Crippen molar-refractivity contribution in [2.24, 2.45) is 5.92 Å². The molecule has 0 spiro atoms. The van der Waals surface area contributed by atoms with Crippen molar-refractivity contribution in [2.75, 3.05) is 32.1 Å². The Kier molecular flexibility index (Phi) is 5.24. The van der Waals surface area contributed by atoms with Gasteiger partial charge in [0.25, 0.3) is 0 Å². The van der Waals surface area contributed by atoms with E-state index < -0.39 is 10.0 Å². The van der Waals surface area contributed by atoms with Gasteiger partial charge in [-0.2, -0.15) is 0 Å². The first-order chi connectivity index (χ1) is 9.94. The van der Waals surface area contributed by atoms with Crippen LogP contribution in [0.5, 0.6) is 0 Å². The lowest BCUT2D eigenvalue weighted by Gasteiger charge is -2.22. The zero-order chi connectivity index (χ0) is 15.5. The SMILES string of the molecule is CNc1cc(C)c(S(=O)(=O)NCC2CCOCC2)c(C)c1. The van der Waals surface area contributed by atoms with E-state index >= 15 is 0 Å². The van der Waals surface area contributed by atoms with Crippen molar-refractivity contribution in [3.05, 3.63) is 23.3 Å². The van der Waals surface area contributed by atoms with E-state index in [-0.39, 0.29) is 0 Å². The van der Waals surface area contributed by atoms with E-state index in [1.165, 1.54) is 0 Å².